The van der Waals surface area contributed by atoms with Crippen LogP contribution in [-0.4, -0.2) is 11.4 Å². The van der Waals surface area contributed by atoms with Crippen LogP contribution >= 0.6 is 11.9 Å². The lowest BCUT2D eigenvalue weighted by Gasteiger charge is -2.18. The molecular weight excluding hydrogens is 313 g/mol. The maximum atomic E-state index is 14.5. The summed E-state index contributed by atoms with van der Waals surface area (Å²) in [5.41, 5.74) is 0.367. The van der Waals surface area contributed by atoms with Crippen LogP contribution < -0.4 is 5.14 Å². The predicted octanol–water partition coefficient (Wildman–Crippen LogP) is 4.40. The lowest BCUT2D eigenvalue weighted by atomic mass is 9.92. The van der Waals surface area contributed by atoms with E-state index >= 15 is 0 Å². The summed E-state index contributed by atoms with van der Waals surface area (Å²) in [5, 5.41) is 5.46. The molecule has 0 aliphatic carbocycles. The van der Waals surface area contributed by atoms with Gasteiger partial charge in [-0.1, -0.05) is 18.2 Å². The number of hydrogen-bond donors (Lipinski definition) is 1. The fourth-order valence-corrected chi connectivity index (χ4v) is 2.78. The van der Waals surface area contributed by atoms with Gasteiger partial charge in [0.2, 0.25) is 5.78 Å². The lowest BCUT2D eigenvalue weighted by molar-refractivity contribution is -0.126. The number of hydrogen-bond acceptors (Lipinski definition) is 4. The molecule has 0 saturated carbocycles. The van der Waals surface area contributed by atoms with E-state index in [1.54, 1.807) is 26.0 Å². The van der Waals surface area contributed by atoms with Crippen LogP contribution in [0.25, 0.3) is 5.76 Å². The van der Waals surface area contributed by atoms with Gasteiger partial charge < -0.3 is 4.74 Å². The monoisotopic (exact) mass is 333 g/mol. The molecule has 5 heteroatoms. The summed E-state index contributed by atoms with van der Waals surface area (Å²) in [5.74, 6) is -0.345. The van der Waals surface area contributed by atoms with Crippen LogP contribution in [0.15, 0.2) is 52.5 Å². The summed E-state index contributed by atoms with van der Waals surface area (Å²) in [6.07, 6.45) is 5.48. The normalized spacial score (nSPS) is 18.0. The Kier molecular flexibility index (Phi) is 5.12. The number of carbonyl (C=O) groups is 1. The minimum absolute atomic E-state index is 0.157. The first-order chi connectivity index (χ1) is 10.9. The average molecular weight is 333 g/mol. The van der Waals surface area contributed by atoms with Crippen LogP contribution in [-0.2, 0) is 9.53 Å². The molecule has 2 N–H and O–H groups in total. The third-order valence-electron chi connectivity index (χ3n) is 3.63. The fraction of sp³-hybridized carbons (Fsp3) is 0.278. The molecule has 1 aliphatic heterocycles. The smallest absolute Gasteiger partial charge is 0.210 e. The van der Waals surface area contributed by atoms with Crippen molar-refractivity contribution in [2.75, 3.05) is 0 Å². The van der Waals surface area contributed by atoms with Gasteiger partial charge in [-0.05, 0) is 63.4 Å². The Bertz CT molecular complexity index is 733. The van der Waals surface area contributed by atoms with E-state index in [0.29, 0.717) is 10.5 Å². The Morgan fingerprint density at radius 2 is 2.04 bits per heavy atom. The molecule has 1 aliphatic rings. The Hall–Kier alpha value is -1.85. The van der Waals surface area contributed by atoms with E-state index in [0.717, 1.165) is 17.5 Å². The van der Waals surface area contributed by atoms with Gasteiger partial charge in [-0.3, -0.25) is 9.93 Å². The van der Waals surface area contributed by atoms with Gasteiger partial charge in [0.25, 0.3) is 0 Å². The zero-order valence-corrected chi connectivity index (χ0v) is 14.5. The molecule has 0 amide bonds. The summed E-state index contributed by atoms with van der Waals surface area (Å²) in [7, 11) is 0. The second-order valence-corrected chi connectivity index (χ2v) is 6.36. The summed E-state index contributed by atoms with van der Waals surface area (Å²) in [6.45, 7) is 7.08. The second kappa shape index (κ2) is 6.72. The zero-order valence-electron chi connectivity index (χ0n) is 13.6. The molecule has 1 heterocycles. The Morgan fingerprint density at radius 3 is 2.57 bits per heavy atom. The van der Waals surface area contributed by atoms with Crippen LogP contribution in [0, 0.1) is 5.82 Å². The molecule has 0 fully saturated rings. The maximum Gasteiger partial charge on any atom is 0.210 e. The van der Waals surface area contributed by atoms with Crippen molar-refractivity contribution in [2.45, 2.75) is 38.2 Å². The van der Waals surface area contributed by atoms with Crippen molar-refractivity contribution in [3.8, 4) is 0 Å². The molecular formula is C18H20FNO2S. The summed E-state index contributed by atoms with van der Waals surface area (Å²) in [4.78, 5) is 13.3. The van der Waals surface area contributed by atoms with Crippen molar-refractivity contribution in [3.63, 3.8) is 0 Å². The number of rotatable bonds is 4. The molecule has 0 atom stereocenters. The van der Waals surface area contributed by atoms with Gasteiger partial charge in [-0.25, -0.2) is 4.39 Å². The van der Waals surface area contributed by atoms with E-state index < -0.39 is 11.4 Å². The average Bonchev–Trinajstić information content (AvgIpc) is 2.75. The molecule has 0 saturated heterocycles. The first kappa shape index (κ1) is 17.5. The highest BCUT2D eigenvalue weighted by Gasteiger charge is 2.43. The van der Waals surface area contributed by atoms with E-state index in [4.69, 9.17) is 9.88 Å². The summed E-state index contributed by atoms with van der Waals surface area (Å²) >= 11 is 0.968. The van der Waals surface area contributed by atoms with E-state index in [1.165, 1.54) is 6.07 Å². The largest absolute Gasteiger partial charge is 0.478 e. The van der Waals surface area contributed by atoms with Gasteiger partial charge in [-0.2, -0.15) is 0 Å². The van der Waals surface area contributed by atoms with Gasteiger partial charge in [0.05, 0.1) is 11.1 Å². The number of ether oxygens (including phenoxy) is 1. The van der Waals surface area contributed by atoms with E-state index in [2.05, 4.69) is 0 Å². The summed E-state index contributed by atoms with van der Waals surface area (Å²) in [6, 6.07) is 4.64. The van der Waals surface area contributed by atoms with Crippen LogP contribution in [0.2, 0.25) is 0 Å². The number of Topliss-reactive ketones (excluding diaryl/α,β-unsaturated/α-hetero) is 1. The van der Waals surface area contributed by atoms with Gasteiger partial charge in [0.15, 0.2) is 5.60 Å². The molecule has 23 heavy (non-hydrogen) atoms. The number of allylic oxidation sites excluding steroid dienone is 4. The van der Waals surface area contributed by atoms with Crippen molar-refractivity contribution < 1.29 is 13.9 Å². The highest BCUT2D eigenvalue weighted by molar-refractivity contribution is 7.97. The third-order valence-corrected chi connectivity index (χ3v) is 4.15. The minimum atomic E-state index is -1.02. The topological polar surface area (TPSA) is 52.3 Å². The molecule has 0 spiro atoms. The van der Waals surface area contributed by atoms with E-state index in [-0.39, 0.29) is 17.1 Å². The molecule has 0 bridgehead atoms. The first-order valence-corrected chi connectivity index (χ1v) is 8.17. The van der Waals surface area contributed by atoms with Gasteiger partial charge in [-0.15, -0.1) is 0 Å². The predicted molar refractivity (Wildman–Crippen MR) is 92.1 cm³/mol. The minimum Gasteiger partial charge on any atom is -0.478 e. The quantitative estimate of drug-likeness (QED) is 0.655. The highest BCUT2D eigenvalue weighted by Crippen LogP contribution is 2.41. The van der Waals surface area contributed by atoms with Crippen LogP contribution in [0.5, 0.6) is 0 Å². The Morgan fingerprint density at radius 1 is 1.35 bits per heavy atom. The molecule has 0 unspecified atom stereocenters. The van der Waals surface area contributed by atoms with Gasteiger partial charge >= 0.3 is 0 Å². The molecule has 3 nitrogen and oxygen atoms in total. The molecule has 122 valence electrons. The van der Waals surface area contributed by atoms with Crippen molar-refractivity contribution >= 4 is 23.5 Å². The molecule has 1 aromatic rings. The number of carbonyl (C=O) groups excluding carboxylic acids is 1. The number of ketones is 1. The third kappa shape index (κ3) is 3.26. The first-order valence-electron chi connectivity index (χ1n) is 7.29. The van der Waals surface area contributed by atoms with Crippen LogP contribution in [0.4, 0.5) is 4.39 Å². The molecule has 1 aromatic carbocycles. The lowest BCUT2D eigenvalue weighted by Crippen LogP contribution is -2.29. The second-order valence-electron chi connectivity index (χ2n) is 5.65. The van der Waals surface area contributed by atoms with Gasteiger partial charge in [0.1, 0.15) is 11.6 Å². The number of nitrogens with two attached hydrogens (primary N) is 1. The van der Waals surface area contributed by atoms with E-state index in [9.17, 15) is 9.18 Å². The highest BCUT2D eigenvalue weighted by atomic mass is 32.2. The van der Waals surface area contributed by atoms with Crippen LogP contribution in [0.3, 0.4) is 0 Å². The standard InChI is InChI=1S/C18H20FNO2S/c1-5-7-11(6-2)15-16(22-18(3,4)17(15)21)13-9-8-12(23-20)10-14(13)19/h5-10H,20H2,1-4H3/b7-5-,11-6+. The maximum absolute atomic E-state index is 14.5. The Labute approximate surface area is 140 Å². The van der Waals surface area contributed by atoms with Gasteiger partial charge in [0, 0.05) is 4.90 Å². The number of halogens is 1. The fourth-order valence-electron chi connectivity index (χ4n) is 2.47. The zero-order chi connectivity index (χ0) is 17.2. The van der Waals surface area contributed by atoms with Crippen molar-refractivity contribution in [1.29, 1.82) is 0 Å². The number of benzene rings is 1. The van der Waals surface area contributed by atoms with E-state index in [1.807, 2.05) is 32.1 Å². The molecule has 0 aromatic heterocycles. The molecule has 0 radical (unpaired) electrons. The molecule has 2 rings (SSSR count). The van der Waals surface area contributed by atoms with Crippen molar-refractivity contribution in [2.24, 2.45) is 5.14 Å². The van der Waals surface area contributed by atoms with Crippen molar-refractivity contribution in [3.05, 3.63) is 59.0 Å². The van der Waals surface area contributed by atoms with Crippen LogP contribution in [0.1, 0.15) is 33.3 Å². The SMILES string of the molecule is C/C=C\C(=C/C)C1=C(c2ccc(SN)cc2F)OC(C)(C)C1=O. The summed E-state index contributed by atoms with van der Waals surface area (Å²) < 4.78 is 20.3. The Balaban J connectivity index is 2.68. The van der Waals surface area contributed by atoms with Crippen molar-refractivity contribution in [1.82, 2.24) is 0 Å².